The van der Waals surface area contributed by atoms with E-state index in [1.807, 2.05) is 6.07 Å². The molecule has 84 valence electrons. The van der Waals surface area contributed by atoms with Crippen molar-refractivity contribution in [3.8, 4) is 0 Å². The fraction of sp³-hybridized carbons (Fsp3) is 0.0833. The zero-order valence-electron chi connectivity index (χ0n) is 8.92. The lowest BCUT2D eigenvalue weighted by Gasteiger charge is -2.03. The van der Waals surface area contributed by atoms with E-state index in [1.54, 1.807) is 35.3 Å². The molecule has 0 spiro atoms. The molecule has 0 aliphatic carbocycles. The van der Waals surface area contributed by atoms with E-state index in [9.17, 15) is 4.39 Å². The van der Waals surface area contributed by atoms with E-state index >= 15 is 0 Å². The Morgan fingerprint density at radius 2 is 2.06 bits per heavy atom. The van der Waals surface area contributed by atoms with E-state index < -0.39 is 0 Å². The first-order chi connectivity index (χ1) is 8.34. The number of halogens is 1. The summed E-state index contributed by atoms with van der Waals surface area (Å²) in [6.45, 7) is 0.368. The molecule has 4 nitrogen and oxygen atoms in total. The number of benzene rings is 1. The topological polar surface area (TPSA) is 43.6 Å². The molecule has 5 heteroatoms. The molecule has 1 aromatic carbocycles. The van der Waals surface area contributed by atoms with E-state index in [4.69, 9.17) is 0 Å². The van der Waals surface area contributed by atoms with Crippen LogP contribution in [-0.4, -0.2) is 20.0 Å². The van der Waals surface area contributed by atoms with Gasteiger partial charge in [0.25, 0.3) is 0 Å². The Morgan fingerprint density at radius 1 is 1.18 bits per heavy atom. The standard InChI is InChI=1S/C12H9FN4/c13-10-4-2-1-3-9(10)8-17-12-5-6-14-7-11(12)15-16-17/h1-7H,8H2. The number of fused-ring (bicyclic) bond motifs is 1. The van der Waals surface area contributed by atoms with Gasteiger partial charge in [0.05, 0.1) is 18.3 Å². The van der Waals surface area contributed by atoms with Gasteiger partial charge in [-0.3, -0.25) is 4.98 Å². The van der Waals surface area contributed by atoms with Crippen molar-refractivity contribution in [3.05, 3.63) is 54.1 Å². The molecular weight excluding hydrogens is 219 g/mol. The van der Waals surface area contributed by atoms with Crippen LogP contribution in [-0.2, 0) is 6.54 Å². The van der Waals surface area contributed by atoms with Crippen molar-refractivity contribution in [3.63, 3.8) is 0 Å². The van der Waals surface area contributed by atoms with Crippen LogP contribution in [0.15, 0.2) is 42.7 Å². The molecule has 0 fully saturated rings. The van der Waals surface area contributed by atoms with Gasteiger partial charge in [0.1, 0.15) is 11.3 Å². The van der Waals surface area contributed by atoms with Gasteiger partial charge < -0.3 is 0 Å². The van der Waals surface area contributed by atoms with Crippen molar-refractivity contribution in [2.75, 3.05) is 0 Å². The average molecular weight is 228 g/mol. The molecule has 17 heavy (non-hydrogen) atoms. The highest BCUT2D eigenvalue weighted by Crippen LogP contribution is 2.12. The molecule has 2 aromatic heterocycles. The van der Waals surface area contributed by atoms with Gasteiger partial charge in [-0.2, -0.15) is 0 Å². The molecule has 0 saturated heterocycles. The number of hydrogen-bond donors (Lipinski definition) is 0. The number of aromatic nitrogens is 4. The van der Waals surface area contributed by atoms with Crippen LogP contribution in [0.3, 0.4) is 0 Å². The van der Waals surface area contributed by atoms with Gasteiger partial charge in [-0.25, -0.2) is 9.07 Å². The van der Waals surface area contributed by atoms with Gasteiger partial charge in [0.15, 0.2) is 0 Å². The Morgan fingerprint density at radius 3 is 2.94 bits per heavy atom. The minimum atomic E-state index is -0.231. The maximum Gasteiger partial charge on any atom is 0.131 e. The number of pyridine rings is 1. The fourth-order valence-corrected chi connectivity index (χ4v) is 1.73. The van der Waals surface area contributed by atoms with E-state index in [2.05, 4.69) is 15.3 Å². The van der Waals surface area contributed by atoms with Crippen molar-refractivity contribution in [2.24, 2.45) is 0 Å². The molecule has 0 N–H and O–H groups in total. The first-order valence-electron chi connectivity index (χ1n) is 5.21. The third-order valence-electron chi connectivity index (χ3n) is 2.59. The molecule has 3 aromatic rings. The molecule has 3 rings (SSSR count). The van der Waals surface area contributed by atoms with Crippen LogP contribution in [0.1, 0.15) is 5.56 Å². The Bertz CT molecular complexity index is 662. The minimum absolute atomic E-state index is 0.231. The van der Waals surface area contributed by atoms with Crippen LogP contribution in [0, 0.1) is 5.82 Å². The smallest absolute Gasteiger partial charge is 0.131 e. The van der Waals surface area contributed by atoms with Crippen LogP contribution in [0.25, 0.3) is 11.0 Å². The van der Waals surface area contributed by atoms with Crippen LogP contribution < -0.4 is 0 Å². The first-order valence-corrected chi connectivity index (χ1v) is 5.21. The Kier molecular flexibility index (Phi) is 2.29. The fourth-order valence-electron chi connectivity index (χ4n) is 1.73. The van der Waals surface area contributed by atoms with Crippen LogP contribution in [0.5, 0.6) is 0 Å². The molecule has 0 unspecified atom stereocenters. The quantitative estimate of drug-likeness (QED) is 0.674. The zero-order chi connectivity index (χ0) is 11.7. The van der Waals surface area contributed by atoms with Gasteiger partial charge in [0, 0.05) is 11.8 Å². The van der Waals surface area contributed by atoms with Crippen molar-refractivity contribution in [1.82, 2.24) is 20.0 Å². The summed E-state index contributed by atoms with van der Waals surface area (Å²) >= 11 is 0. The zero-order valence-corrected chi connectivity index (χ0v) is 8.92. The normalized spacial score (nSPS) is 10.9. The maximum absolute atomic E-state index is 13.5. The third-order valence-corrected chi connectivity index (χ3v) is 2.59. The predicted molar refractivity (Wildman–Crippen MR) is 60.8 cm³/mol. The molecule has 0 bridgehead atoms. The number of hydrogen-bond acceptors (Lipinski definition) is 3. The van der Waals surface area contributed by atoms with Gasteiger partial charge in [-0.15, -0.1) is 5.10 Å². The van der Waals surface area contributed by atoms with Crippen molar-refractivity contribution >= 4 is 11.0 Å². The van der Waals surface area contributed by atoms with Crippen molar-refractivity contribution < 1.29 is 4.39 Å². The second kappa shape index (κ2) is 3.93. The number of nitrogens with zero attached hydrogens (tertiary/aromatic N) is 4. The van der Waals surface area contributed by atoms with Crippen LogP contribution >= 0.6 is 0 Å². The highest BCUT2D eigenvalue weighted by Gasteiger charge is 2.06. The number of rotatable bonds is 2. The summed E-state index contributed by atoms with van der Waals surface area (Å²) in [5, 5.41) is 7.96. The molecule has 0 radical (unpaired) electrons. The summed E-state index contributed by atoms with van der Waals surface area (Å²) in [4.78, 5) is 3.96. The predicted octanol–water partition coefficient (Wildman–Crippen LogP) is 2.01. The largest absolute Gasteiger partial charge is 0.262 e. The highest BCUT2D eigenvalue weighted by atomic mass is 19.1. The third kappa shape index (κ3) is 1.75. The van der Waals surface area contributed by atoms with Crippen LogP contribution in [0.4, 0.5) is 4.39 Å². The van der Waals surface area contributed by atoms with E-state index in [0.29, 0.717) is 17.6 Å². The summed E-state index contributed by atoms with van der Waals surface area (Å²) in [5.41, 5.74) is 2.16. The average Bonchev–Trinajstić information content (AvgIpc) is 2.76. The summed E-state index contributed by atoms with van der Waals surface area (Å²) in [6, 6.07) is 8.47. The monoisotopic (exact) mass is 228 g/mol. The lowest BCUT2D eigenvalue weighted by atomic mass is 10.2. The highest BCUT2D eigenvalue weighted by molar-refractivity contribution is 5.72. The first kappa shape index (κ1) is 9.89. The SMILES string of the molecule is Fc1ccccc1Cn1nnc2cnccc21. The summed E-state index contributed by atoms with van der Waals surface area (Å²) < 4.78 is 15.2. The molecular formula is C12H9FN4. The van der Waals surface area contributed by atoms with Gasteiger partial charge in [-0.1, -0.05) is 23.4 Å². The summed E-state index contributed by atoms with van der Waals surface area (Å²) in [6.07, 6.45) is 3.31. The van der Waals surface area contributed by atoms with E-state index in [1.165, 1.54) is 6.07 Å². The molecule has 0 aliphatic rings. The van der Waals surface area contributed by atoms with Crippen LogP contribution in [0.2, 0.25) is 0 Å². The van der Waals surface area contributed by atoms with E-state index in [-0.39, 0.29) is 5.82 Å². The van der Waals surface area contributed by atoms with Gasteiger partial charge in [-0.05, 0) is 12.1 Å². The molecule has 0 aliphatic heterocycles. The molecule has 0 amide bonds. The molecule has 0 atom stereocenters. The maximum atomic E-state index is 13.5. The van der Waals surface area contributed by atoms with Crippen molar-refractivity contribution in [1.29, 1.82) is 0 Å². The molecule has 0 saturated carbocycles. The minimum Gasteiger partial charge on any atom is -0.262 e. The lowest BCUT2D eigenvalue weighted by molar-refractivity contribution is 0.583. The Hall–Kier alpha value is -2.30. The van der Waals surface area contributed by atoms with Gasteiger partial charge in [0.2, 0.25) is 0 Å². The second-order valence-electron chi connectivity index (χ2n) is 3.70. The summed E-state index contributed by atoms with van der Waals surface area (Å²) in [5.74, 6) is -0.231. The van der Waals surface area contributed by atoms with Gasteiger partial charge >= 0.3 is 0 Å². The summed E-state index contributed by atoms with van der Waals surface area (Å²) in [7, 11) is 0. The van der Waals surface area contributed by atoms with E-state index in [0.717, 1.165) is 5.52 Å². The van der Waals surface area contributed by atoms with Crippen molar-refractivity contribution in [2.45, 2.75) is 6.54 Å². The Balaban J connectivity index is 2.03. The molecule has 2 heterocycles. The Labute approximate surface area is 96.7 Å². The second-order valence-corrected chi connectivity index (χ2v) is 3.70. The lowest BCUT2D eigenvalue weighted by Crippen LogP contribution is -2.03.